The van der Waals surface area contributed by atoms with Gasteiger partial charge in [-0.2, -0.15) is 0 Å². The molecule has 1 aromatic carbocycles. The molecule has 1 saturated carbocycles. The van der Waals surface area contributed by atoms with Crippen molar-refractivity contribution in [2.75, 3.05) is 25.0 Å². The number of amides is 1. The molecule has 2 aliphatic rings. The summed E-state index contributed by atoms with van der Waals surface area (Å²) in [6.07, 6.45) is 1.92. The molecule has 0 spiro atoms. The molecule has 0 saturated heterocycles. The van der Waals surface area contributed by atoms with Crippen LogP contribution in [0.4, 0.5) is 9.52 Å². The molecule has 5 rings (SSSR count). The van der Waals surface area contributed by atoms with Crippen LogP contribution in [0.1, 0.15) is 52.5 Å². The van der Waals surface area contributed by atoms with Gasteiger partial charge in [0.1, 0.15) is 11.5 Å². The summed E-state index contributed by atoms with van der Waals surface area (Å²) in [6, 6.07) is 4.33. The Bertz CT molecular complexity index is 1150. The van der Waals surface area contributed by atoms with Gasteiger partial charge in [-0.25, -0.2) is 9.37 Å². The van der Waals surface area contributed by atoms with E-state index in [0.29, 0.717) is 41.7 Å². The van der Waals surface area contributed by atoms with Gasteiger partial charge in [0.05, 0.1) is 24.9 Å². The van der Waals surface area contributed by atoms with Gasteiger partial charge in [0.15, 0.2) is 5.13 Å². The Morgan fingerprint density at radius 2 is 2.23 bits per heavy atom. The van der Waals surface area contributed by atoms with Gasteiger partial charge in [-0.15, -0.1) is 0 Å². The zero-order valence-electron chi connectivity index (χ0n) is 17.2. The van der Waals surface area contributed by atoms with Gasteiger partial charge in [-0.3, -0.25) is 4.79 Å². The largest absolute Gasteiger partial charge is 0.396 e. The molecule has 1 aliphatic carbocycles. The topological polar surface area (TPSA) is 101 Å². The van der Waals surface area contributed by atoms with Gasteiger partial charge in [0.25, 0.3) is 5.91 Å². The standard InChI is InChI=1S/C22H25FN4O3S/c1-12(29)14-6-13(23)7-17-15(14)8-18(25-17)20(30)27-5-2-16-19(9-27)31-21(26-16)24-10-22(11-28)3-4-22/h6-8,12,25,28-29H,2-5,9-11H2,1H3,(H,24,26). The fraction of sp³-hybridized carbons (Fsp3) is 0.455. The van der Waals surface area contributed by atoms with Crippen LogP contribution in [0.2, 0.25) is 0 Å². The zero-order chi connectivity index (χ0) is 21.8. The van der Waals surface area contributed by atoms with Gasteiger partial charge in [0, 0.05) is 40.7 Å². The number of hydrogen-bond acceptors (Lipinski definition) is 6. The summed E-state index contributed by atoms with van der Waals surface area (Å²) in [5, 5.41) is 24.3. The molecule has 7 nitrogen and oxygen atoms in total. The number of aromatic nitrogens is 2. The SMILES string of the molecule is CC(O)c1cc(F)cc2[nH]c(C(=O)N3CCc4nc(NCC5(CO)CC5)sc4C3)cc12. The van der Waals surface area contributed by atoms with Crippen molar-refractivity contribution >= 4 is 33.3 Å². The van der Waals surface area contributed by atoms with E-state index in [4.69, 9.17) is 0 Å². The van der Waals surface area contributed by atoms with Crippen molar-refractivity contribution in [3.8, 4) is 0 Å². The van der Waals surface area contributed by atoms with Gasteiger partial charge >= 0.3 is 0 Å². The van der Waals surface area contributed by atoms with Crippen molar-refractivity contribution < 1.29 is 19.4 Å². The van der Waals surface area contributed by atoms with E-state index in [-0.39, 0.29) is 17.9 Å². The lowest BCUT2D eigenvalue weighted by atomic mass is 10.1. The predicted molar refractivity (Wildman–Crippen MR) is 117 cm³/mol. The minimum absolute atomic E-state index is 0.00813. The van der Waals surface area contributed by atoms with E-state index in [1.807, 2.05) is 0 Å². The molecule has 4 N–H and O–H groups in total. The number of benzene rings is 1. The predicted octanol–water partition coefficient (Wildman–Crippen LogP) is 3.20. The summed E-state index contributed by atoms with van der Waals surface area (Å²) in [5.74, 6) is -0.607. The van der Waals surface area contributed by atoms with Gasteiger partial charge in [-0.05, 0) is 43.5 Å². The Labute approximate surface area is 182 Å². The number of nitrogens with one attached hydrogen (secondary N) is 2. The maximum Gasteiger partial charge on any atom is 0.270 e. The second kappa shape index (κ2) is 7.58. The van der Waals surface area contributed by atoms with Gasteiger partial charge in [-0.1, -0.05) is 11.3 Å². The number of halogens is 1. The molecule has 31 heavy (non-hydrogen) atoms. The normalized spacial score (nSPS) is 18.1. The van der Waals surface area contributed by atoms with Crippen LogP contribution >= 0.6 is 11.3 Å². The van der Waals surface area contributed by atoms with Crippen LogP contribution in [0.3, 0.4) is 0 Å². The monoisotopic (exact) mass is 444 g/mol. The second-order valence-electron chi connectivity index (χ2n) is 8.69. The van der Waals surface area contributed by atoms with Gasteiger partial charge < -0.3 is 25.4 Å². The van der Waals surface area contributed by atoms with Crippen molar-refractivity contribution in [3.63, 3.8) is 0 Å². The molecular formula is C22H25FN4O3S. The van der Waals surface area contributed by atoms with Crippen molar-refractivity contribution in [2.45, 2.75) is 38.8 Å². The van der Waals surface area contributed by atoms with Crippen LogP contribution in [0, 0.1) is 11.2 Å². The molecule has 1 unspecified atom stereocenters. The molecule has 1 atom stereocenters. The number of nitrogens with zero attached hydrogens (tertiary/aromatic N) is 2. The van der Waals surface area contributed by atoms with Crippen LogP contribution in [0.25, 0.3) is 10.9 Å². The summed E-state index contributed by atoms with van der Waals surface area (Å²) in [4.78, 5) is 23.6. The van der Waals surface area contributed by atoms with Crippen molar-refractivity contribution in [1.82, 2.24) is 14.9 Å². The van der Waals surface area contributed by atoms with Crippen molar-refractivity contribution in [2.24, 2.45) is 5.41 Å². The highest BCUT2D eigenvalue weighted by Gasteiger charge is 2.42. The van der Waals surface area contributed by atoms with Crippen LogP contribution in [-0.2, 0) is 13.0 Å². The number of H-pyrrole nitrogens is 1. The third-order valence-corrected chi connectivity index (χ3v) is 7.38. The Hall–Kier alpha value is -2.49. The number of aliphatic hydroxyl groups excluding tert-OH is 2. The summed E-state index contributed by atoms with van der Waals surface area (Å²) in [6.45, 7) is 3.53. The van der Waals surface area contributed by atoms with E-state index < -0.39 is 11.9 Å². The van der Waals surface area contributed by atoms with Crippen LogP contribution in [0.5, 0.6) is 0 Å². The highest BCUT2D eigenvalue weighted by atomic mass is 32.1. The van der Waals surface area contributed by atoms with Crippen LogP contribution in [0.15, 0.2) is 18.2 Å². The lowest BCUT2D eigenvalue weighted by Gasteiger charge is -2.25. The van der Waals surface area contributed by atoms with E-state index in [1.165, 1.54) is 12.1 Å². The molecule has 0 radical (unpaired) electrons. The molecule has 0 bridgehead atoms. The third kappa shape index (κ3) is 3.81. The molecule has 2 aromatic heterocycles. The number of thiazole rings is 1. The molecule has 1 aliphatic heterocycles. The maximum absolute atomic E-state index is 13.9. The first-order chi connectivity index (χ1) is 14.9. The second-order valence-corrected chi connectivity index (χ2v) is 9.78. The Kier molecular flexibility index (Phi) is 4.99. The Morgan fingerprint density at radius 3 is 2.94 bits per heavy atom. The molecule has 3 aromatic rings. The fourth-order valence-electron chi connectivity index (χ4n) is 4.14. The zero-order valence-corrected chi connectivity index (χ0v) is 18.1. The van der Waals surface area contributed by atoms with E-state index in [1.54, 1.807) is 29.2 Å². The number of fused-ring (bicyclic) bond motifs is 2. The molecule has 9 heteroatoms. The molecule has 164 valence electrons. The average molecular weight is 445 g/mol. The number of aliphatic hydroxyl groups is 2. The minimum Gasteiger partial charge on any atom is -0.396 e. The summed E-state index contributed by atoms with van der Waals surface area (Å²) < 4.78 is 13.9. The fourth-order valence-corrected chi connectivity index (χ4v) is 5.15. The number of aromatic amines is 1. The van der Waals surface area contributed by atoms with Crippen molar-refractivity contribution in [3.05, 3.63) is 45.8 Å². The first-order valence-corrected chi connectivity index (χ1v) is 11.3. The Balaban J connectivity index is 1.33. The van der Waals surface area contributed by atoms with Gasteiger partial charge in [0.2, 0.25) is 0 Å². The van der Waals surface area contributed by atoms with E-state index in [9.17, 15) is 19.4 Å². The first-order valence-electron chi connectivity index (χ1n) is 10.5. The van der Waals surface area contributed by atoms with Crippen molar-refractivity contribution in [1.29, 1.82) is 0 Å². The first kappa shape index (κ1) is 20.4. The lowest BCUT2D eigenvalue weighted by Crippen LogP contribution is -2.35. The number of hydrogen-bond donors (Lipinski definition) is 4. The number of carbonyl (C=O) groups is 1. The van der Waals surface area contributed by atoms with E-state index >= 15 is 0 Å². The molecule has 1 fully saturated rings. The third-order valence-electron chi connectivity index (χ3n) is 6.34. The lowest BCUT2D eigenvalue weighted by molar-refractivity contribution is 0.0731. The summed E-state index contributed by atoms with van der Waals surface area (Å²) >= 11 is 1.55. The quantitative estimate of drug-likeness (QED) is 0.468. The summed E-state index contributed by atoms with van der Waals surface area (Å²) in [7, 11) is 0. The Morgan fingerprint density at radius 1 is 1.42 bits per heavy atom. The molecule has 1 amide bonds. The highest BCUT2D eigenvalue weighted by Crippen LogP contribution is 2.45. The maximum atomic E-state index is 13.9. The van der Waals surface area contributed by atoms with Crippen LogP contribution < -0.4 is 5.32 Å². The van der Waals surface area contributed by atoms with E-state index in [2.05, 4.69) is 15.3 Å². The average Bonchev–Trinajstić information content (AvgIpc) is 3.22. The minimum atomic E-state index is -0.835. The number of carbonyl (C=O) groups excluding carboxylic acids is 1. The highest BCUT2D eigenvalue weighted by molar-refractivity contribution is 7.15. The van der Waals surface area contributed by atoms with E-state index in [0.717, 1.165) is 35.1 Å². The number of rotatable bonds is 6. The summed E-state index contributed by atoms with van der Waals surface area (Å²) in [5.41, 5.74) is 2.36. The molecule has 3 heterocycles. The smallest absolute Gasteiger partial charge is 0.270 e. The number of anilines is 1. The van der Waals surface area contributed by atoms with Crippen LogP contribution in [-0.4, -0.2) is 50.7 Å². The molecular weight excluding hydrogens is 419 g/mol.